The van der Waals surface area contributed by atoms with Gasteiger partial charge in [-0.25, -0.2) is 22.0 Å². The number of phenolic OH excluding ortho intramolecular Hbond substituents is 1. The van der Waals surface area contributed by atoms with Crippen molar-refractivity contribution in [1.82, 2.24) is 5.16 Å². The first kappa shape index (κ1) is 17.6. The normalized spacial score (nSPS) is 11.2. The molecule has 0 amide bonds. The molecule has 0 aliphatic heterocycles. The fourth-order valence-electron chi connectivity index (χ4n) is 2.43. The number of anilines is 1. The summed E-state index contributed by atoms with van der Waals surface area (Å²) in [5.74, 6) is -13.4. The van der Waals surface area contributed by atoms with Crippen molar-refractivity contribution in [2.24, 2.45) is 0 Å². The highest BCUT2D eigenvalue weighted by Crippen LogP contribution is 2.36. The first-order valence-electron chi connectivity index (χ1n) is 7.01. The molecule has 0 radical (unpaired) electrons. The van der Waals surface area contributed by atoms with Gasteiger partial charge in [-0.2, -0.15) is 0 Å². The molecule has 1 aromatic heterocycles. The lowest BCUT2D eigenvalue weighted by Gasteiger charge is -2.13. The standard InChI is InChI=1S/C16H9F5N2O3/c1-23(2)6-4-3-5-13(22-26-16(5)14(6)24)15(25)7-8(17)10(19)12(21)11(20)9(7)18/h3-4,24H,1-2H3. The second-order valence-electron chi connectivity index (χ2n) is 5.51. The van der Waals surface area contributed by atoms with Crippen LogP contribution in [-0.4, -0.2) is 30.1 Å². The quantitative estimate of drug-likeness (QED) is 0.330. The molecule has 1 N–H and O–H groups in total. The predicted molar refractivity (Wildman–Crippen MR) is 79.7 cm³/mol. The summed E-state index contributed by atoms with van der Waals surface area (Å²) in [4.78, 5) is 13.9. The number of phenols is 1. The summed E-state index contributed by atoms with van der Waals surface area (Å²) < 4.78 is 72.3. The van der Waals surface area contributed by atoms with E-state index in [1.165, 1.54) is 17.0 Å². The Balaban J connectivity index is 2.23. The van der Waals surface area contributed by atoms with Crippen molar-refractivity contribution in [1.29, 1.82) is 0 Å². The van der Waals surface area contributed by atoms with Gasteiger partial charge in [0.2, 0.25) is 17.2 Å². The van der Waals surface area contributed by atoms with E-state index in [0.29, 0.717) is 5.69 Å². The molecule has 10 heteroatoms. The van der Waals surface area contributed by atoms with Crippen LogP contribution in [0, 0.1) is 29.1 Å². The molecule has 5 nitrogen and oxygen atoms in total. The monoisotopic (exact) mass is 372 g/mol. The van der Waals surface area contributed by atoms with Gasteiger partial charge in [-0.3, -0.25) is 4.79 Å². The first-order valence-corrected chi connectivity index (χ1v) is 7.01. The molecule has 0 aliphatic carbocycles. The Morgan fingerprint density at radius 3 is 2.08 bits per heavy atom. The minimum Gasteiger partial charge on any atom is -0.503 e. The number of hydrogen-bond acceptors (Lipinski definition) is 5. The zero-order valence-corrected chi connectivity index (χ0v) is 13.2. The predicted octanol–water partition coefficient (Wildman–Crippen LogP) is 3.53. The van der Waals surface area contributed by atoms with Crippen molar-refractivity contribution < 1.29 is 36.4 Å². The van der Waals surface area contributed by atoms with Crippen LogP contribution in [0.1, 0.15) is 16.1 Å². The van der Waals surface area contributed by atoms with E-state index in [4.69, 9.17) is 4.52 Å². The number of hydrogen-bond donors (Lipinski definition) is 1. The van der Waals surface area contributed by atoms with E-state index < -0.39 is 51.9 Å². The molecule has 136 valence electrons. The molecule has 3 rings (SSSR count). The summed E-state index contributed by atoms with van der Waals surface area (Å²) >= 11 is 0. The molecule has 1 heterocycles. The second kappa shape index (κ2) is 5.97. The SMILES string of the molecule is CN(C)c1ccc2c(C(=O)c3c(F)c(F)c(F)c(F)c3F)noc2c1O. The number of aromatic nitrogens is 1. The van der Waals surface area contributed by atoms with Crippen molar-refractivity contribution in [3.8, 4) is 5.75 Å². The molecule has 0 fully saturated rings. The maximum absolute atomic E-state index is 13.8. The van der Waals surface area contributed by atoms with Gasteiger partial charge < -0.3 is 14.5 Å². The van der Waals surface area contributed by atoms with Crippen LogP contribution in [0.15, 0.2) is 16.7 Å². The zero-order valence-electron chi connectivity index (χ0n) is 13.2. The van der Waals surface area contributed by atoms with Gasteiger partial charge >= 0.3 is 0 Å². The number of fused-ring (bicyclic) bond motifs is 1. The van der Waals surface area contributed by atoms with Crippen LogP contribution in [0.4, 0.5) is 27.6 Å². The molecule has 0 unspecified atom stereocenters. The third kappa shape index (κ3) is 2.37. The molecule has 0 bridgehead atoms. The largest absolute Gasteiger partial charge is 0.503 e. The average molecular weight is 372 g/mol. The van der Waals surface area contributed by atoms with Crippen molar-refractivity contribution in [3.05, 3.63) is 52.5 Å². The van der Waals surface area contributed by atoms with Crippen LogP contribution >= 0.6 is 0 Å². The summed E-state index contributed by atoms with van der Waals surface area (Å²) in [6, 6.07) is 2.63. The highest BCUT2D eigenvalue weighted by molar-refractivity contribution is 6.15. The molecule has 2 aromatic carbocycles. The van der Waals surface area contributed by atoms with Crippen LogP contribution in [0.3, 0.4) is 0 Å². The number of halogens is 5. The van der Waals surface area contributed by atoms with Crippen LogP contribution in [0.5, 0.6) is 5.75 Å². The number of aromatic hydroxyl groups is 1. The second-order valence-corrected chi connectivity index (χ2v) is 5.51. The van der Waals surface area contributed by atoms with Gasteiger partial charge in [0.15, 0.2) is 34.7 Å². The molecule has 0 saturated heterocycles. The summed E-state index contributed by atoms with van der Waals surface area (Å²) in [7, 11) is 3.22. The zero-order chi connectivity index (χ0) is 19.3. The number of ketones is 1. The van der Waals surface area contributed by atoms with E-state index in [9.17, 15) is 31.9 Å². The lowest BCUT2D eigenvalue weighted by Crippen LogP contribution is -2.14. The molecule has 26 heavy (non-hydrogen) atoms. The Morgan fingerprint density at radius 2 is 1.54 bits per heavy atom. The fraction of sp³-hybridized carbons (Fsp3) is 0.125. The van der Waals surface area contributed by atoms with Gasteiger partial charge in [0, 0.05) is 14.1 Å². The maximum atomic E-state index is 13.8. The van der Waals surface area contributed by atoms with Crippen LogP contribution in [0.25, 0.3) is 11.0 Å². The maximum Gasteiger partial charge on any atom is 0.221 e. The Hall–Kier alpha value is -3.17. The molecule has 3 aromatic rings. The molecule has 0 aliphatic rings. The van der Waals surface area contributed by atoms with Gasteiger partial charge in [-0.1, -0.05) is 5.16 Å². The summed E-state index contributed by atoms with van der Waals surface area (Å²) in [6.07, 6.45) is 0. The van der Waals surface area contributed by atoms with Crippen molar-refractivity contribution >= 4 is 22.4 Å². The minimum absolute atomic E-state index is 0.151. The summed E-state index contributed by atoms with van der Waals surface area (Å²) in [6.45, 7) is 0. The molecular formula is C16H9F5N2O3. The van der Waals surface area contributed by atoms with E-state index in [1.54, 1.807) is 14.1 Å². The Morgan fingerprint density at radius 1 is 1.00 bits per heavy atom. The smallest absolute Gasteiger partial charge is 0.221 e. The molecule has 0 spiro atoms. The number of benzene rings is 2. The van der Waals surface area contributed by atoms with Crippen LogP contribution < -0.4 is 4.90 Å². The van der Waals surface area contributed by atoms with Gasteiger partial charge in [0.1, 0.15) is 5.56 Å². The van der Waals surface area contributed by atoms with Crippen molar-refractivity contribution in [2.45, 2.75) is 0 Å². The summed E-state index contributed by atoms with van der Waals surface area (Å²) in [5.41, 5.74) is -2.34. The fourth-order valence-corrected chi connectivity index (χ4v) is 2.43. The van der Waals surface area contributed by atoms with E-state index in [2.05, 4.69) is 5.16 Å². The number of carbonyl (C=O) groups is 1. The van der Waals surface area contributed by atoms with Gasteiger partial charge in [-0.05, 0) is 12.1 Å². The number of nitrogens with zero attached hydrogens (tertiary/aromatic N) is 2. The number of carbonyl (C=O) groups excluding carboxylic acids is 1. The Bertz CT molecular complexity index is 1030. The van der Waals surface area contributed by atoms with Crippen molar-refractivity contribution in [3.63, 3.8) is 0 Å². The highest BCUT2D eigenvalue weighted by atomic mass is 19.2. The lowest BCUT2D eigenvalue weighted by atomic mass is 10.0. The Labute approximate surface area is 142 Å². The van der Waals surface area contributed by atoms with Gasteiger partial charge in [0.25, 0.3) is 0 Å². The third-order valence-corrected chi connectivity index (χ3v) is 3.73. The molecule has 0 saturated carbocycles. The molecular weight excluding hydrogens is 363 g/mol. The van der Waals surface area contributed by atoms with E-state index >= 15 is 0 Å². The van der Waals surface area contributed by atoms with Gasteiger partial charge in [-0.15, -0.1) is 0 Å². The Kier molecular flexibility index (Phi) is 4.05. The van der Waals surface area contributed by atoms with Gasteiger partial charge in [0.05, 0.1) is 11.1 Å². The minimum atomic E-state index is -2.38. The first-order chi connectivity index (χ1) is 12.2. The van der Waals surface area contributed by atoms with E-state index in [1.807, 2.05) is 0 Å². The topological polar surface area (TPSA) is 66.6 Å². The average Bonchev–Trinajstić information content (AvgIpc) is 3.03. The summed E-state index contributed by atoms with van der Waals surface area (Å²) in [5, 5.41) is 13.3. The van der Waals surface area contributed by atoms with Crippen LogP contribution in [0.2, 0.25) is 0 Å². The van der Waals surface area contributed by atoms with Crippen LogP contribution in [-0.2, 0) is 0 Å². The molecule has 0 atom stereocenters. The number of rotatable bonds is 3. The van der Waals surface area contributed by atoms with E-state index in [-0.39, 0.29) is 11.0 Å². The highest BCUT2D eigenvalue weighted by Gasteiger charge is 2.33. The van der Waals surface area contributed by atoms with Crippen molar-refractivity contribution in [2.75, 3.05) is 19.0 Å². The third-order valence-electron chi connectivity index (χ3n) is 3.73. The van der Waals surface area contributed by atoms with E-state index in [0.717, 1.165) is 0 Å². The lowest BCUT2D eigenvalue weighted by molar-refractivity contribution is 0.102.